The Kier molecular flexibility index (Phi) is 5.53. The van der Waals surface area contributed by atoms with Crippen LogP contribution in [0.15, 0.2) is 4.99 Å². The summed E-state index contributed by atoms with van der Waals surface area (Å²) in [4.78, 5) is 6.98. The molecule has 0 fully saturated rings. The summed E-state index contributed by atoms with van der Waals surface area (Å²) in [5.74, 6) is 1.20. The lowest BCUT2D eigenvalue weighted by Gasteiger charge is -2.36. The van der Waals surface area contributed by atoms with Crippen molar-refractivity contribution in [1.29, 1.82) is 0 Å². The fourth-order valence-corrected chi connectivity index (χ4v) is 3.06. The number of nitrogens with one attached hydrogen (secondary N) is 1. The van der Waals surface area contributed by atoms with Crippen LogP contribution in [-0.2, 0) is 0 Å². The third-order valence-corrected chi connectivity index (χ3v) is 5.76. The highest BCUT2D eigenvalue weighted by molar-refractivity contribution is 8.13. The van der Waals surface area contributed by atoms with Gasteiger partial charge in [-0.15, -0.1) is 0 Å². The van der Waals surface area contributed by atoms with Crippen LogP contribution < -0.4 is 5.32 Å². The number of rotatable bonds is 5. The molecule has 1 heterocycles. The normalized spacial score (nSPS) is 19.8. The van der Waals surface area contributed by atoms with Crippen LogP contribution in [0.3, 0.4) is 0 Å². The lowest BCUT2D eigenvalue weighted by atomic mass is 9.84. The van der Waals surface area contributed by atoms with Crippen molar-refractivity contribution in [3.8, 4) is 0 Å². The second kappa shape index (κ2) is 6.29. The number of aliphatic imine (C=N–C) groups is 1. The first-order valence-corrected chi connectivity index (χ1v) is 7.92. The minimum atomic E-state index is 0.160. The van der Waals surface area contributed by atoms with Crippen LogP contribution in [0.2, 0.25) is 0 Å². The maximum atomic E-state index is 4.74. The Balaban J connectivity index is 2.50. The third kappa shape index (κ3) is 3.89. The van der Waals surface area contributed by atoms with Crippen molar-refractivity contribution in [2.45, 2.75) is 46.1 Å². The SMILES string of the molecule is CCC1(CC)CN=C(NCC(C)(C)N(C)C)SC1. The summed E-state index contributed by atoms with van der Waals surface area (Å²) in [6, 6.07) is 0. The summed E-state index contributed by atoms with van der Waals surface area (Å²) in [6.07, 6.45) is 2.47. The average molecular weight is 271 g/mol. The van der Waals surface area contributed by atoms with Crippen LogP contribution in [0.1, 0.15) is 40.5 Å². The van der Waals surface area contributed by atoms with E-state index in [2.05, 4.69) is 52.0 Å². The van der Waals surface area contributed by atoms with Gasteiger partial charge in [-0.1, -0.05) is 25.6 Å². The molecule has 0 aliphatic carbocycles. The molecule has 0 saturated carbocycles. The van der Waals surface area contributed by atoms with Crippen molar-refractivity contribution in [3.05, 3.63) is 0 Å². The molecule has 106 valence electrons. The minimum Gasteiger partial charge on any atom is -0.363 e. The Morgan fingerprint density at radius 1 is 1.33 bits per heavy atom. The van der Waals surface area contributed by atoms with E-state index in [9.17, 15) is 0 Å². The average Bonchev–Trinajstić information content (AvgIpc) is 2.37. The molecule has 0 unspecified atom stereocenters. The molecule has 0 aromatic carbocycles. The minimum absolute atomic E-state index is 0.160. The lowest BCUT2D eigenvalue weighted by Crippen LogP contribution is -2.48. The monoisotopic (exact) mass is 271 g/mol. The maximum absolute atomic E-state index is 4.74. The van der Waals surface area contributed by atoms with Crippen LogP contribution in [0, 0.1) is 5.41 Å². The standard InChI is InChI=1S/C14H29N3S/c1-7-14(8-2)10-16-12(18-11-14)15-9-13(3,4)17(5)6/h7-11H2,1-6H3,(H,15,16). The first-order chi connectivity index (χ1) is 8.35. The number of hydrogen-bond donors (Lipinski definition) is 1. The Bertz CT molecular complexity index is 293. The van der Waals surface area contributed by atoms with Crippen LogP contribution in [0.4, 0.5) is 0 Å². The van der Waals surface area contributed by atoms with E-state index in [4.69, 9.17) is 4.99 Å². The van der Waals surface area contributed by atoms with Gasteiger partial charge < -0.3 is 10.2 Å². The van der Waals surface area contributed by atoms with E-state index in [1.807, 2.05) is 11.8 Å². The molecule has 0 atom stereocenters. The number of hydrogen-bond acceptors (Lipinski definition) is 4. The quantitative estimate of drug-likeness (QED) is 0.833. The molecular weight excluding hydrogens is 242 g/mol. The number of nitrogens with zero attached hydrogens (tertiary/aromatic N) is 2. The van der Waals surface area contributed by atoms with Crippen LogP contribution in [0.25, 0.3) is 0 Å². The molecule has 1 rings (SSSR count). The van der Waals surface area contributed by atoms with Gasteiger partial charge in [0.1, 0.15) is 0 Å². The van der Waals surface area contributed by atoms with Gasteiger partial charge >= 0.3 is 0 Å². The molecule has 0 bridgehead atoms. The van der Waals surface area contributed by atoms with Crippen molar-refractivity contribution >= 4 is 16.9 Å². The van der Waals surface area contributed by atoms with Crippen LogP contribution in [-0.4, -0.2) is 48.5 Å². The van der Waals surface area contributed by atoms with Gasteiger partial charge in [0, 0.05) is 24.4 Å². The highest BCUT2D eigenvalue weighted by Crippen LogP contribution is 2.34. The van der Waals surface area contributed by atoms with Crippen molar-refractivity contribution < 1.29 is 0 Å². The van der Waals surface area contributed by atoms with Crippen molar-refractivity contribution in [2.24, 2.45) is 10.4 Å². The Morgan fingerprint density at radius 3 is 2.33 bits per heavy atom. The molecule has 4 heteroatoms. The van der Waals surface area contributed by atoms with Crippen molar-refractivity contribution in [2.75, 3.05) is 32.9 Å². The first kappa shape index (κ1) is 15.8. The van der Waals surface area contributed by atoms with Gasteiger partial charge in [0.25, 0.3) is 0 Å². The van der Waals surface area contributed by atoms with Crippen molar-refractivity contribution in [3.63, 3.8) is 0 Å². The van der Waals surface area contributed by atoms with Gasteiger partial charge in [-0.05, 0) is 46.2 Å². The van der Waals surface area contributed by atoms with E-state index < -0.39 is 0 Å². The summed E-state index contributed by atoms with van der Waals surface area (Å²) in [5.41, 5.74) is 0.597. The van der Waals surface area contributed by atoms with E-state index >= 15 is 0 Å². The predicted octanol–water partition coefficient (Wildman–Crippen LogP) is 2.83. The number of thioether (sulfide) groups is 1. The predicted molar refractivity (Wildman–Crippen MR) is 83.5 cm³/mol. The molecule has 3 nitrogen and oxygen atoms in total. The molecule has 0 saturated heterocycles. The molecular formula is C14H29N3S. The fraction of sp³-hybridized carbons (Fsp3) is 0.929. The molecule has 0 amide bonds. The van der Waals surface area contributed by atoms with Gasteiger partial charge in [-0.25, -0.2) is 0 Å². The molecule has 0 aromatic rings. The van der Waals surface area contributed by atoms with E-state index in [-0.39, 0.29) is 5.54 Å². The summed E-state index contributed by atoms with van der Waals surface area (Å²) in [6.45, 7) is 11.0. The Labute approximate surface area is 117 Å². The van der Waals surface area contributed by atoms with E-state index in [1.165, 1.54) is 18.6 Å². The lowest BCUT2D eigenvalue weighted by molar-refractivity contribution is 0.198. The summed E-state index contributed by atoms with van der Waals surface area (Å²) in [7, 11) is 4.24. The molecule has 0 radical (unpaired) electrons. The Hall–Kier alpha value is -0.220. The summed E-state index contributed by atoms with van der Waals surface area (Å²) < 4.78 is 0. The molecule has 1 aliphatic rings. The molecule has 0 spiro atoms. The Morgan fingerprint density at radius 2 is 1.94 bits per heavy atom. The van der Waals surface area contributed by atoms with Crippen molar-refractivity contribution in [1.82, 2.24) is 10.2 Å². The second-order valence-electron chi connectivity index (χ2n) is 6.18. The van der Waals surface area contributed by atoms with Gasteiger partial charge in [0.2, 0.25) is 0 Å². The zero-order valence-corrected chi connectivity index (χ0v) is 13.7. The zero-order valence-electron chi connectivity index (χ0n) is 12.8. The smallest absolute Gasteiger partial charge is 0.156 e. The summed E-state index contributed by atoms with van der Waals surface area (Å²) >= 11 is 1.89. The van der Waals surface area contributed by atoms with E-state index in [0.29, 0.717) is 5.41 Å². The van der Waals surface area contributed by atoms with Crippen LogP contribution in [0.5, 0.6) is 0 Å². The molecule has 1 N–H and O–H groups in total. The number of amidine groups is 1. The topological polar surface area (TPSA) is 27.6 Å². The summed E-state index contributed by atoms with van der Waals surface area (Å²) in [5, 5.41) is 4.63. The number of likely N-dealkylation sites (N-methyl/N-ethyl adjacent to an activating group) is 1. The highest BCUT2D eigenvalue weighted by atomic mass is 32.2. The van der Waals surface area contributed by atoms with Gasteiger partial charge in [0.15, 0.2) is 5.17 Å². The van der Waals surface area contributed by atoms with Gasteiger partial charge in [-0.3, -0.25) is 4.99 Å². The zero-order chi connectivity index (χ0) is 13.8. The molecule has 0 aromatic heterocycles. The van der Waals surface area contributed by atoms with Crippen LogP contribution >= 0.6 is 11.8 Å². The largest absolute Gasteiger partial charge is 0.363 e. The maximum Gasteiger partial charge on any atom is 0.156 e. The van der Waals surface area contributed by atoms with Gasteiger partial charge in [0.05, 0.1) is 0 Å². The van der Waals surface area contributed by atoms with E-state index in [1.54, 1.807) is 0 Å². The molecule has 18 heavy (non-hydrogen) atoms. The first-order valence-electron chi connectivity index (χ1n) is 6.94. The third-order valence-electron chi connectivity index (χ3n) is 4.46. The highest BCUT2D eigenvalue weighted by Gasteiger charge is 2.30. The van der Waals surface area contributed by atoms with E-state index in [0.717, 1.165) is 18.3 Å². The second-order valence-corrected chi connectivity index (χ2v) is 7.14. The molecule has 1 aliphatic heterocycles. The van der Waals surface area contributed by atoms with Gasteiger partial charge in [-0.2, -0.15) is 0 Å². The fourth-order valence-electron chi connectivity index (χ4n) is 1.79.